The van der Waals surface area contributed by atoms with E-state index in [0.29, 0.717) is 35.1 Å². The lowest BCUT2D eigenvalue weighted by Crippen LogP contribution is -2.65. The largest absolute Gasteiger partial charge is 0.573 e. The number of likely N-dealkylation sites (tertiary alicyclic amines) is 2. The molecule has 2 atom stereocenters. The van der Waals surface area contributed by atoms with Crippen molar-refractivity contribution in [1.29, 1.82) is 0 Å². The van der Waals surface area contributed by atoms with Gasteiger partial charge in [0, 0.05) is 67.2 Å². The summed E-state index contributed by atoms with van der Waals surface area (Å²) in [5.41, 5.74) is 8.07. The van der Waals surface area contributed by atoms with Crippen molar-refractivity contribution >= 4 is 5.82 Å². The average Bonchev–Trinajstić information content (AvgIpc) is 3.08. The van der Waals surface area contributed by atoms with Crippen LogP contribution in [0.25, 0.3) is 11.3 Å². The second-order valence-corrected chi connectivity index (χ2v) is 11.2. The van der Waals surface area contributed by atoms with Gasteiger partial charge in [0.05, 0.1) is 5.69 Å². The SMILES string of the molecule is CCC(C)(C)N1CC(N2CC3C(C2)C3c2cc(-c3cnc(N)c(OC(F)(F)F)c3)nn2C(C)C)C1. The Bertz CT molecular complexity index is 1080. The van der Waals surface area contributed by atoms with Crippen molar-refractivity contribution in [3.63, 3.8) is 0 Å². The van der Waals surface area contributed by atoms with Crippen molar-refractivity contribution in [2.45, 2.75) is 70.9 Å². The second kappa shape index (κ2) is 8.37. The van der Waals surface area contributed by atoms with E-state index in [1.807, 2.05) is 10.7 Å². The van der Waals surface area contributed by atoms with Gasteiger partial charge < -0.3 is 10.5 Å². The molecule has 35 heavy (non-hydrogen) atoms. The molecule has 7 nitrogen and oxygen atoms in total. The highest BCUT2D eigenvalue weighted by Gasteiger charge is 2.59. The fourth-order valence-corrected chi connectivity index (χ4v) is 5.71. The summed E-state index contributed by atoms with van der Waals surface area (Å²) in [6.07, 6.45) is -2.23. The minimum atomic E-state index is -4.84. The van der Waals surface area contributed by atoms with Gasteiger partial charge in [0.2, 0.25) is 0 Å². The van der Waals surface area contributed by atoms with Gasteiger partial charge in [0.25, 0.3) is 0 Å². The minimum Gasteiger partial charge on any atom is -0.402 e. The van der Waals surface area contributed by atoms with Gasteiger partial charge in [-0.1, -0.05) is 6.92 Å². The summed E-state index contributed by atoms with van der Waals surface area (Å²) in [5, 5.41) is 4.74. The molecule has 2 aromatic rings. The van der Waals surface area contributed by atoms with Crippen molar-refractivity contribution in [1.82, 2.24) is 24.6 Å². The zero-order valence-corrected chi connectivity index (χ0v) is 21.0. The highest BCUT2D eigenvalue weighted by atomic mass is 19.4. The lowest BCUT2D eigenvalue weighted by Gasteiger charge is -2.52. The third kappa shape index (κ3) is 4.50. The van der Waals surface area contributed by atoms with Gasteiger partial charge in [-0.3, -0.25) is 14.5 Å². The molecule has 5 rings (SSSR count). The molecule has 2 N–H and O–H groups in total. The number of nitrogens with zero attached hydrogens (tertiary/aromatic N) is 5. The molecule has 2 aliphatic heterocycles. The molecule has 10 heteroatoms. The van der Waals surface area contributed by atoms with E-state index in [2.05, 4.69) is 54.1 Å². The van der Waals surface area contributed by atoms with Gasteiger partial charge in [-0.25, -0.2) is 4.98 Å². The molecule has 2 saturated heterocycles. The number of ether oxygens (including phenoxy) is 1. The van der Waals surface area contributed by atoms with Crippen LogP contribution in [0.4, 0.5) is 19.0 Å². The fraction of sp³-hybridized carbons (Fsp3) is 0.680. The van der Waals surface area contributed by atoms with E-state index in [1.165, 1.54) is 12.3 Å². The van der Waals surface area contributed by atoms with Crippen LogP contribution >= 0.6 is 0 Å². The van der Waals surface area contributed by atoms with Crippen LogP contribution in [-0.4, -0.2) is 68.7 Å². The summed E-state index contributed by atoms with van der Waals surface area (Å²) in [6, 6.07) is 4.06. The Morgan fingerprint density at radius 1 is 1.11 bits per heavy atom. The van der Waals surface area contributed by atoms with Crippen LogP contribution in [0.1, 0.15) is 58.7 Å². The zero-order valence-electron chi connectivity index (χ0n) is 21.0. The van der Waals surface area contributed by atoms with Crippen LogP contribution in [0.15, 0.2) is 18.3 Å². The first-order valence-electron chi connectivity index (χ1n) is 12.5. The Morgan fingerprint density at radius 2 is 1.77 bits per heavy atom. The molecule has 1 aliphatic carbocycles. The van der Waals surface area contributed by atoms with Gasteiger partial charge in [0.1, 0.15) is 0 Å². The van der Waals surface area contributed by atoms with Gasteiger partial charge >= 0.3 is 6.36 Å². The van der Waals surface area contributed by atoms with Gasteiger partial charge in [-0.15, -0.1) is 13.2 Å². The highest BCUT2D eigenvalue weighted by Crippen LogP contribution is 2.59. The number of pyridine rings is 1. The predicted octanol–water partition coefficient (Wildman–Crippen LogP) is 4.52. The molecule has 2 unspecified atom stereocenters. The molecule has 1 saturated carbocycles. The van der Waals surface area contributed by atoms with E-state index in [-0.39, 0.29) is 17.4 Å². The smallest absolute Gasteiger partial charge is 0.402 e. The first-order chi connectivity index (χ1) is 16.4. The summed E-state index contributed by atoms with van der Waals surface area (Å²) in [5.74, 6) is 0.849. The quantitative estimate of drug-likeness (QED) is 0.613. The van der Waals surface area contributed by atoms with Crippen molar-refractivity contribution < 1.29 is 17.9 Å². The van der Waals surface area contributed by atoms with E-state index < -0.39 is 12.1 Å². The van der Waals surface area contributed by atoms with E-state index in [9.17, 15) is 13.2 Å². The van der Waals surface area contributed by atoms with Crippen molar-refractivity contribution in [3.05, 3.63) is 24.0 Å². The lowest BCUT2D eigenvalue weighted by atomic mass is 9.92. The minimum absolute atomic E-state index is 0.139. The summed E-state index contributed by atoms with van der Waals surface area (Å²) in [7, 11) is 0. The Labute approximate surface area is 204 Å². The third-order valence-corrected chi connectivity index (χ3v) is 8.32. The summed E-state index contributed by atoms with van der Waals surface area (Å²) >= 11 is 0. The number of nitrogens with two attached hydrogens (primary N) is 1. The highest BCUT2D eigenvalue weighted by molar-refractivity contribution is 5.64. The van der Waals surface area contributed by atoms with Gasteiger partial charge in [-0.05, 0) is 58.1 Å². The molecule has 0 bridgehead atoms. The summed E-state index contributed by atoms with van der Waals surface area (Å²) < 4.78 is 44.3. The number of rotatable bonds is 7. The van der Waals surface area contributed by atoms with Crippen LogP contribution in [0.2, 0.25) is 0 Å². The molecular weight excluding hydrogens is 457 g/mol. The Balaban J connectivity index is 1.29. The Morgan fingerprint density at radius 3 is 2.34 bits per heavy atom. The molecule has 0 aromatic carbocycles. The number of halogens is 3. The van der Waals surface area contributed by atoms with E-state index in [0.717, 1.165) is 38.3 Å². The fourth-order valence-electron chi connectivity index (χ4n) is 5.71. The van der Waals surface area contributed by atoms with Crippen LogP contribution < -0.4 is 10.5 Å². The summed E-state index contributed by atoms with van der Waals surface area (Å²) in [6.45, 7) is 15.5. The number of fused-ring (bicyclic) bond motifs is 1. The number of aromatic nitrogens is 3. The number of piperidine rings is 1. The van der Waals surface area contributed by atoms with Crippen LogP contribution in [0.3, 0.4) is 0 Å². The van der Waals surface area contributed by atoms with Crippen molar-refractivity contribution in [3.8, 4) is 17.0 Å². The summed E-state index contributed by atoms with van der Waals surface area (Å²) in [4.78, 5) is 9.14. The second-order valence-electron chi connectivity index (χ2n) is 11.2. The van der Waals surface area contributed by atoms with Crippen molar-refractivity contribution in [2.75, 3.05) is 31.9 Å². The molecule has 2 aromatic heterocycles. The van der Waals surface area contributed by atoms with E-state index in [1.54, 1.807) is 0 Å². The number of hydrogen-bond donors (Lipinski definition) is 1. The maximum Gasteiger partial charge on any atom is 0.573 e. The van der Waals surface area contributed by atoms with Crippen LogP contribution in [0.5, 0.6) is 5.75 Å². The predicted molar refractivity (Wildman–Crippen MR) is 128 cm³/mol. The normalized spacial score (nSPS) is 25.7. The van der Waals surface area contributed by atoms with Gasteiger partial charge in [0.15, 0.2) is 11.6 Å². The van der Waals surface area contributed by atoms with E-state index >= 15 is 0 Å². The molecule has 0 radical (unpaired) electrons. The molecule has 192 valence electrons. The Hall–Kier alpha value is -2.33. The first-order valence-corrected chi connectivity index (χ1v) is 12.5. The molecular formula is C25H35F3N6O. The topological polar surface area (TPSA) is 72.4 Å². The number of alkyl halides is 3. The van der Waals surface area contributed by atoms with Crippen molar-refractivity contribution in [2.24, 2.45) is 11.8 Å². The standard InChI is InChI=1S/C25H35F3N6O/c1-6-24(4,5)33-10-16(11-33)32-12-17-18(13-32)22(17)20-8-19(31-34(20)14(2)3)15-7-21(23(29)30-9-15)35-25(26,27)28/h7-9,14,16-18,22H,6,10-13H2,1-5H3,(H2,29,30). The Kier molecular flexibility index (Phi) is 5.83. The number of nitrogen functional groups attached to an aromatic ring is 1. The zero-order chi connectivity index (χ0) is 25.3. The van der Waals surface area contributed by atoms with Crippen LogP contribution in [0, 0.1) is 11.8 Å². The molecule has 0 spiro atoms. The third-order valence-electron chi connectivity index (χ3n) is 8.32. The average molecular weight is 493 g/mol. The first kappa shape index (κ1) is 24.4. The monoisotopic (exact) mass is 492 g/mol. The molecule has 0 amide bonds. The number of hydrogen-bond acceptors (Lipinski definition) is 6. The lowest BCUT2D eigenvalue weighted by molar-refractivity contribution is -0.274. The molecule has 4 heterocycles. The number of anilines is 1. The molecule has 3 aliphatic rings. The van der Waals surface area contributed by atoms with Gasteiger partial charge in [-0.2, -0.15) is 5.10 Å². The maximum atomic E-state index is 12.8. The van der Waals surface area contributed by atoms with E-state index in [4.69, 9.17) is 10.8 Å². The van der Waals surface area contributed by atoms with Crippen LogP contribution in [-0.2, 0) is 0 Å². The molecule has 3 fully saturated rings. The maximum absolute atomic E-state index is 12.8.